The van der Waals surface area contributed by atoms with Gasteiger partial charge in [0.1, 0.15) is 41.1 Å². The molecule has 2 N–H and O–H groups in total. The molecule has 3 atom stereocenters. The molecule has 1 fully saturated rings. The van der Waals surface area contributed by atoms with Gasteiger partial charge < -0.3 is 34.0 Å². The number of nitrogens with one attached hydrogen (secondary N) is 1. The van der Waals surface area contributed by atoms with E-state index in [1.807, 2.05) is 57.5 Å². The van der Waals surface area contributed by atoms with Crippen LogP contribution < -0.4 is 15.6 Å². The molecular formula is C49H55N7O10S. The van der Waals surface area contributed by atoms with Crippen LogP contribution in [0.25, 0.3) is 33.1 Å². The van der Waals surface area contributed by atoms with E-state index in [1.54, 1.807) is 54.8 Å². The second-order valence-electron chi connectivity index (χ2n) is 17.5. The number of hydrogen-bond acceptors (Lipinski definition) is 15. The Morgan fingerprint density at radius 3 is 2.39 bits per heavy atom. The zero-order valence-corrected chi connectivity index (χ0v) is 39.0. The predicted octanol–water partition coefficient (Wildman–Crippen LogP) is 5.54. The number of amides is 2. The van der Waals surface area contributed by atoms with Gasteiger partial charge in [-0.1, -0.05) is 51.1 Å². The van der Waals surface area contributed by atoms with Crippen LogP contribution >= 0.6 is 11.3 Å². The van der Waals surface area contributed by atoms with Crippen LogP contribution in [0.2, 0.25) is 0 Å². The lowest BCUT2D eigenvalue weighted by atomic mass is 9.76. The number of pyridine rings is 1. The number of β-amino-alcohol motifs (C(OH)–C–C–N with tert-alkyl or cyclic N) is 1. The Morgan fingerprint density at radius 1 is 0.940 bits per heavy atom. The van der Waals surface area contributed by atoms with E-state index in [4.69, 9.17) is 18.6 Å². The summed E-state index contributed by atoms with van der Waals surface area (Å²) in [6.07, 6.45) is 0.947. The standard InChI is InChI=1S/C49H55N7O10S/c1-30-45(67-29-52-30)33-9-6-31(7-10-33)26-51-46(61)41-25-35(58)28-56(41)48(62)37(49(2,3)4)24-34(57)16-17-63-18-19-64-20-21-65-36-11-12-38(50-27-36)42(59)23-32-8-14-43-40(22-32)53-47(66-43)39-13-15-44(60)55(5)54-39/h6-15,22,27,29,35,37,41,58H,16-21,23-26,28H2,1-5H3,(H,51,61)/t35-,37-,41+/m1/s1. The van der Waals surface area contributed by atoms with Crippen molar-refractivity contribution in [2.75, 3.05) is 39.6 Å². The van der Waals surface area contributed by atoms with Crippen LogP contribution in [0.1, 0.15) is 67.3 Å². The molecule has 1 aliphatic heterocycles. The number of hydrogen-bond donors (Lipinski definition) is 2. The number of rotatable bonds is 21. The van der Waals surface area contributed by atoms with E-state index in [0.29, 0.717) is 22.5 Å². The highest BCUT2D eigenvalue weighted by Crippen LogP contribution is 2.34. The normalized spacial score (nSPS) is 15.5. The number of carbonyl (C=O) groups excluding carboxylic acids is 4. The van der Waals surface area contributed by atoms with Crippen molar-refractivity contribution in [1.82, 2.24) is 34.9 Å². The zero-order chi connectivity index (χ0) is 47.7. The topological polar surface area (TPSA) is 218 Å². The van der Waals surface area contributed by atoms with E-state index in [1.165, 1.54) is 21.8 Å². The van der Waals surface area contributed by atoms with Crippen molar-refractivity contribution in [1.29, 1.82) is 0 Å². The molecule has 0 unspecified atom stereocenters. The van der Waals surface area contributed by atoms with Gasteiger partial charge in [-0.2, -0.15) is 5.10 Å². The number of ketones is 2. The molecule has 352 valence electrons. The first kappa shape index (κ1) is 48.5. The zero-order valence-electron chi connectivity index (χ0n) is 38.2. The van der Waals surface area contributed by atoms with Crippen molar-refractivity contribution in [2.45, 2.75) is 72.1 Å². The molecule has 6 aromatic rings. The lowest BCUT2D eigenvalue weighted by molar-refractivity contribution is -0.146. The Balaban J connectivity index is 0.778. The molecule has 0 bridgehead atoms. The number of carbonyl (C=O) groups is 4. The van der Waals surface area contributed by atoms with Crippen molar-refractivity contribution >= 4 is 45.8 Å². The molecule has 5 heterocycles. The van der Waals surface area contributed by atoms with Gasteiger partial charge in [0.05, 0.1) is 54.8 Å². The summed E-state index contributed by atoms with van der Waals surface area (Å²) < 4.78 is 24.0. The second-order valence-corrected chi connectivity index (χ2v) is 18.4. The van der Waals surface area contributed by atoms with Crippen molar-refractivity contribution < 1.29 is 42.9 Å². The average Bonchev–Trinajstić information content (AvgIpc) is 4.05. The number of fused-ring (bicyclic) bond motifs is 1. The molecule has 0 saturated carbocycles. The van der Waals surface area contributed by atoms with Crippen LogP contribution in [0.5, 0.6) is 5.75 Å². The minimum Gasteiger partial charge on any atom is -0.490 e. The molecule has 0 spiro atoms. The summed E-state index contributed by atoms with van der Waals surface area (Å²) in [5.41, 5.74) is 6.42. The first-order chi connectivity index (χ1) is 32.1. The van der Waals surface area contributed by atoms with E-state index < -0.39 is 23.5 Å². The van der Waals surface area contributed by atoms with Crippen molar-refractivity contribution in [3.8, 4) is 27.8 Å². The molecule has 0 aliphatic carbocycles. The van der Waals surface area contributed by atoms with Gasteiger partial charge in [-0.25, -0.2) is 19.6 Å². The van der Waals surface area contributed by atoms with Crippen LogP contribution in [0.3, 0.4) is 0 Å². The van der Waals surface area contributed by atoms with Gasteiger partial charge >= 0.3 is 0 Å². The maximum Gasteiger partial charge on any atom is 0.266 e. The van der Waals surface area contributed by atoms with E-state index in [0.717, 1.165) is 27.3 Å². The molecule has 2 amide bonds. The minimum atomic E-state index is -0.849. The molecule has 2 aromatic carbocycles. The molecule has 1 aliphatic rings. The van der Waals surface area contributed by atoms with E-state index in [2.05, 4.69) is 25.4 Å². The van der Waals surface area contributed by atoms with Crippen LogP contribution in [0, 0.1) is 18.3 Å². The number of benzene rings is 2. The first-order valence-corrected chi connectivity index (χ1v) is 23.0. The second kappa shape index (κ2) is 21.9. The van der Waals surface area contributed by atoms with Gasteiger partial charge in [-0.05, 0) is 59.4 Å². The Hall–Kier alpha value is -6.47. The number of likely N-dealkylation sites (tertiary alicyclic amines) is 1. The van der Waals surface area contributed by atoms with Gasteiger partial charge in [0, 0.05) is 57.8 Å². The lowest BCUT2D eigenvalue weighted by Gasteiger charge is -2.34. The fourth-order valence-electron chi connectivity index (χ4n) is 7.70. The number of oxazole rings is 1. The molecule has 0 radical (unpaired) electrons. The van der Waals surface area contributed by atoms with Crippen molar-refractivity contribution in [3.63, 3.8) is 0 Å². The van der Waals surface area contributed by atoms with Gasteiger partial charge in [-0.15, -0.1) is 11.3 Å². The van der Waals surface area contributed by atoms with Gasteiger partial charge in [0.15, 0.2) is 11.4 Å². The quantitative estimate of drug-likeness (QED) is 0.0669. The Labute approximate surface area is 391 Å². The molecule has 7 rings (SSSR count). The Bertz CT molecular complexity index is 2740. The number of Topliss-reactive ketones (excluding diaryl/α,β-unsaturated/α-hetero) is 2. The fourth-order valence-corrected chi connectivity index (χ4v) is 8.51. The summed E-state index contributed by atoms with van der Waals surface area (Å²) in [4.78, 5) is 80.9. The number of aliphatic hydroxyl groups is 1. The summed E-state index contributed by atoms with van der Waals surface area (Å²) in [7, 11) is 1.55. The highest BCUT2D eigenvalue weighted by molar-refractivity contribution is 7.13. The third-order valence-corrected chi connectivity index (χ3v) is 12.5. The summed E-state index contributed by atoms with van der Waals surface area (Å²) in [5.74, 6) is -0.950. The highest BCUT2D eigenvalue weighted by atomic mass is 32.1. The number of nitrogens with zero attached hydrogens (tertiary/aromatic N) is 6. The summed E-state index contributed by atoms with van der Waals surface area (Å²) in [6, 6.07) is 18.5. The van der Waals surface area contributed by atoms with E-state index in [9.17, 15) is 29.1 Å². The number of aromatic nitrogens is 5. The molecule has 67 heavy (non-hydrogen) atoms. The highest BCUT2D eigenvalue weighted by Gasteiger charge is 2.44. The maximum atomic E-state index is 14.0. The third-order valence-electron chi connectivity index (χ3n) is 11.5. The Morgan fingerprint density at radius 2 is 1.69 bits per heavy atom. The molecular weight excluding hydrogens is 879 g/mol. The van der Waals surface area contributed by atoms with E-state index in [-0.39, 0.29) is 112 Å². The Kier molecular flexibility index (Phi) is 15.8. The summed E-state index contributed by atoms with van der Waals surface area (Å²) >= 11 is 1.57. The van der Waals surface area contributed by atoms with Crippen LogP contribution in [0.4, 0.5) is 0 Å². The molecule has 18 heteroatoms. The number of ether oxygens (including phenoxy) is 3. The number of aliphatic hydroxyl groups excluding tert-OH is 1. The van der Waals surface area contributed by atoms with Crippen LogP contribution in [-0.2, 0) is 43.9 Å². The number of thiazole rings is 1. The van der Waals surface area contributed by atoms with Gasteiger partial charge in [0.25, 0.3) is 5.56 Å². The van der Waals surface area contributed by atoms with Gasteiger partial charge in [-0.3, -0.25) is 24.0 Å². The van der Waals surface area contributed by atoms with E-state index >= 15 is 0 Å². The largest absolute Gasteiger partial charge is 0.490 e. The average molecular weight is 934 g/mol. The van der Waals surface area contributed by atoms with Crippen molar-refractivity contribution in [3.05, 3.63) is 111 Å². The fraction of sp³-hybridized carbons (Fsp3) is 0.408. The smallest absolute Gasteiger partial charge is 0.266 e. The predicted molar refractivity (Wildman–Crippen MR) is 249 cm³/mol. The monoisotopic (exact) mass is 933 g/mol. The van der Waals surface area contributed by atoms with Crippen LogP contribution in [-0.4, -0.2) is 110 Å². The molecule has 1 saturated heterocycles. The number of aryl methyl sites for hydroxylation is 2. The minimum absolute atomic E-state index is 0.0172. The SMILES string of the molecule is Cc1ncsc1-c1ccc(CNC(=O)[C@@H]2C[C@@H](O)CN2C(=O)[C@@H](CC(=O)CCOCCOCCOc2ccc(C(=O)Cc3ccc4oc(-c5ccc(=O)n(C)n5)nc4c3)nc2)C(C)(C)C)cc1. The molecule has 4 aromatic heterocycles. The van der Waals surface area contributed by atoms with Crippen molar-refractivity contribution in [2.24, 2.45) is 18.4 Å². The first-order valence-electron chi connectivity index (χ1n) is 22.1. The molecule has 17 nitrogen and oxygen atoms in total. The lowest BCUT2D eigenvalue weighted by Crippen LogP contribution is -2.50. The third kappa shape index (κ3) is 12.7. The van der Waals surface area contributed by atoms with Crippen LogP contribution in [0.15, 0.2) is 87.6 Å². The summed E-state index contributed by atoms with van der Waals surface area (Å²) in [6.45, 7) is 9.13. The maximum absolute atomic E-state index is 14.0. The van der Waals surface area contributed by atoms with Gasteiger partial charge in [0.2, 0.25) is 17.7 Å². The summed E-state index contributed by atoms with van der Waals surface area (Å²) in [5, 5.41) is 17.7.